The van der Waals surface area contributed by atoms with Crippen LogP contribution in [-0.2, 0) is 6.54 Å². The van der Waals surface area contributed by atoms with Crippen molar-refractivity contribution < 1.29 is 9.59 Å². The first-order valence-electron chi connectivity index (χ1n) is 7.40. The molecule has 4 N–H and O–H groups in total. The predicted molar refractivity (Wildman–Crippen MR) is 92.6 cm³/mol. The molecule has 3 aromatic rings. The highest BCUT2D eigenvalue weighted by molar-refractivity contribution is 6.04. The summed E-state index contributed by atoms with van der Waals surface area (Å²) in [5, 5.41) is 6.29. The Bertz CT molecular complexity index is 891. The van der Waals surface area contributed by atoms with Gasteiger partial charge in [0.1, 0.15) is 0 Å². The summed E-state index contributed by atoms with van der Waals surface area (Å²) in [5.74, 6) is -0.221. The molecule has 0 atom stereocenters. The molecule has 3 rings (SSSR count). The summed E-state index contributed by atoms with van der Waals surface area (Å²) >= 11 is 0. The van der Waals surface area contributed by atoms with Crippen LogP contribution in [0.25, 0.3) is 10.9 Å². The van der Waals surface area contributed by atoms with E-state index < -0.39 is 6.03 Å². The average Bonchev–Trinajstić information content (AvgIpc) is 2.60. The number of nitrogens with two attached hydrogens (primary N) is 1. The predicted octanol–water partition coefficient (Wildman–Crippen LogP) is 2.66. The zero-order valence-electron chi connectivity index (χ0n) is 12.8. The Balaban J connectivity index is 1.70. The molecule has 0 unspecified atom stereocenters. The van der Waals surface area contributed by atoms with Crippen LogP contribution >= 0.6 is 0 Å². The van der Waals surface area contributed by atoms with Gasteiger partial charge in [0.05, 0.1) is 17.4 Å². The van der Waals surface area contributed by atoms with E-state index in [1.165, 1.54) is 0 Å². The Hall–Kier alpha value is -3.41. The number of carbonyl (C=O) groups is 2. The number of anilines is 1. The number of fused-ring (bicyclic) bond motifs is 1. The summed E-state index contributed by atoms with van der Waals surface area (Å²) in [5.41, 5.74) is 7.92. The Kier molecular flexibility index (Phi) is 4.38. The molecule has 0 bridgehead atoms. The summed E-state index contributed by atoms with van der Waals surface area (Å²) in [6.45, 7) is 0.325. The van der Waals surface area contributed by atoms with Gasteiger partial charge in [-0.3, -0.25) is 9.78 Å². The lowest BCUT2D eigenvalue weighted by Crippen LogP contribution is -2.28. The zero-order chi connectivity index (χ0) is 16.9. The maximum absolute atomic E-state index is 12.3. The summed E-state index contributed by atoms with van der Waals surface area (Å²) in [7, 11) is 0. The van der Waals surface area contributed by atoms with Crippen molar-refractivity contribution in [2.45, 2.75) is 6.54 Å². The minimum atomic E-state index is -0.583. The number of hydrogen-bond acceptors (Lipinski definition) is 3. The molecule has 3 amide bonds. The number of rotatable bonds is 4. The van der Waals surface area contributed by atoms with Crippen molar-refractivity contribution in [2.75, 3.05) is 5.32 Å². The van der Waals surface area contributed by atoms with Gasteiger partial charge >= 0.3 is 6.03 Å². The molecule has 6 nitrogen and oxygen atoms in total. The quantitative estimate of drug-likeness (QED) is 0.689. The molecule has 1 aromatic heterocycles. The van der Waals surface area contributed by atoms with Crippen LogP contribution < -0.4 is 16.4 Å². The molecule has 0 spiro atoms. The molecule has 0 saturated carbocycles. The van der Waals surface area contributed by atoms with Crippen molar-refractivity contribution in [1.82, 2.24) is 10.3 Å². The lowest BCUT2D eigenvalue weighted by atomic mass is 10.1. The third-order valence-electron chi connectivity index (χ3n) is 3.53. The van der Waals surface area contributed by atoms with E-state index >= 15 is 0 Å². The van der Waals surface area contributed by atoms with Crippen LogP contribution in [0.3, 0.4) is 0 Å². The number of benzene rings is 2. The highest BCUT2D eigenvalue weighted by atomic mass is 16.2. The van der Waals surface area contributed by atoms with Crippen LogP contribution in [0.2, 0.25) is 0 Å². The van der Waals surface area contributed by atoms with Gasteiger partial charge in [-0.2, -0.15) is 0 Å². The minimum absolute atomic E-state index is 0.221. The van der Waals surface area contributed by atoms with E-state index in [1.54, 1.807) is 30.5 Å². The number of amides is 3. The van der Waals surface area contributed by atoms with Crippen LogP contribution in [0.5, 0.6) is 0 Å². The van der Waals surface area contributed by atoms with E-state index in [-0.39, 0.29) is 5.91 Å². The molecule has 120 valence electrons. The third kappa shape index (κ3) is 3.67. The maximum atomic E-state index is 12.3. The van der Waals surface area contributed by atoms with Gasteiger partial charge < -0.3 is 16.4 Å². The monoisotopic (exact) mass is 320 g/mol. The molecule has 24 heavy (non-hydrogen) atoms. The fourth-order valence-electron chi connectivity index (χ4n) is 2.31. The van der Waals surface area contributed by atoms with Crippen molar-refractivity contribution in [3.63, 3.8) is 0 Å². The van der Waals surface area contributed by atoms with Crippen LogP contribution in [0, 0.1) is 0 Å². The van der Waals surface area contributed by atoms with Crippen molar-refractivity contribution in [3.8, 4) is 0 Å². The van der Waals surface area contributed by atoms with Crippen LogP contribution in [0.15, 0.2) is 60.8 Å². The fourth-order valence-corrected chi connectivity index (χ4v) is 2.31. The number of nitrogens with one attached hydrogen (secondary N) is 2. The van der Waals surface area contributed by atoms with Gasteiger partial charge in [0, 0.05) is 17.5 Å². The van der Waals surface area contributed by atoms with E-state index in [9.17, 15) is 9.59 Å². The second kappa shape index (κ2) is 6.78. The number of nitrogens with zero attached hydrogens (tertiary/aromatic N) is 1. The summed E-state index contributed by atoms with van der Waals surface area (Å²) in [4.78, 5) is 27.3. The van der Waals surface area contributed by atoms with Gasteiger partial charge in [0.15, 0.2) is 0 Å². The third-order valence-corrected chi connectivity index (χ3v) is 3.53. The number of hydrogen-bond donors (Lipinski definition) is 3. The summed E-state index contributed by atoms with van der Waals surface area (Å²) in [6, 6.07) is 15.9. The van der Waals surface area contributed by atoms with E-state index in [1.807, 2.05) is 30.3 Å². The van der Waals surface area contributed by atoms with Gasteiger partial charge in [-0.1, -0.05) is 30.3 Å². The molecule has 0 fully saturated rings. The molecule has 1 heterocycles. The number of urea groups is 1. The minimum Gasteiger partial charge on any atom is -0.352 e. The smallest absolute Gasteiger partial charge is 0.312 e. The normalized spacial score (nSPS) is 10.3. The molecular formula is C18H16N4O2. The highest BCUT2D eigenvalue weighted by Crippen LogP contribution is 2.17. The second-order valence-corrected chi connectivity index (χ2v) is 5.29. The first-order valence-corrected chi connectivity index (χ1v) is 7.40. The van der Waals surface area contributed by atoms with Gasteiger partial charge in [-0.25, -0.2) is 4.79 Å². The molecule has 0 aliphatic rings. The largest absolute Gasteiger partial charge is 0.352 e. The lowest BCUT2D eigenvalue weighted by molar-refractivity contribution is 0.102. The summed E-state index contributed by atoms with van der Waals surface area (Å²) in [6.07, 6.45) is 1.63. The number of pyridine rings is 1. The SMILES string of the molecule is NC(=O)NCc1ccc(C(=O)Nc2cnc3ccccc3c2)cc1. The van der Waals surface area contributed by atoms with Gasteiger partial charge in [0.25, 0.3) is 5.91 Å². The lowest BCUT2D eigenvalue weighted by Gasteiger charge is -2.07. The number of aromatic nitrogens is 1. The van der Waals surface area contributed by atoms with Crippen LogP contribution in [0.1, 0.15) is 15.9 Å². The average molecular weight is 320 g/mol. The fraction of sp³-hybridized carbons (Fsp3) is 0.0556. The van der Waals surface area contributed by atoms with Gasteiger partial charge in [0.2, 0.25) is 0 Å². The molecule has 6 heteroatoms. The van der Waals surface area contributed by atoms with E-state index in [2.05, 4.69) is 15.6 Å². The van der Waals surface area contributed by atoms with Gasteiger partial charge in [-0.05, 0) is 29.8 Å². The van der Waals surface area contributed by atoms with Crippen molar-refractivity contribution in [2.24, 2.45) is 5.73 Å². The van der Waals surface area contributed by atoms with Crippen molar-refractivity contribution in [3.05, 3.63) is 71.9 Å². The molecule has 0 radical (unpaired) electrons. The van der Waals surface area contributed by atoms with E-state index in [4.69, 9.17) is 5.73 Å². The summed E-state index contributed by atoms with van der Waals surface area (Å²) < 4.78 is 0. The van der Waals surface area contributed by atoms with Crippen LogP contribution in [0.4, 0.5) is 10.5 Å². The molecule has 0 saturated heterocycles. The number of primary amides is 1. The van der Waals surface area contributed by atoms with Crippen LogP contribution in [-0.4, -0.2) is 16.9 Å². The number of carbonyl (C=O) groups excluding carboxylic acids is 2. The van der Waals surface area contributed by atoms with Crippen molar-refractivity contribution in [1.29, 1.82) is 0 Å². The molecular weight excluding hydrogens is 304 g/mol. The van der Waals surface area contributed by atoms with Crippen molar-refractivity contribution >= 4 is 28.5 Å². The maximum Gasteiger partial charge on any atom is 0.312 e. The Labute approximate surface area is 138 Å². The Morgan fingerprint density at radius 2 is 1.79 bits per heavy atom. The van der Waals surface area contributed by atoms with Gasteiger partial charge in [-0.15, -0.1) is 0 Å². The topological polar surface area (TPSA) is 97.1 Å². The second-order valence-electron chi connectivity index (χ2n) is 5.29. The number of para-hydroxylation sites is 1. The standard InChI is InChI=1S/C18H16N4O2/c19-18(24)21-10-12-5-7-13(8-6-12)17(23)22-15-9-14-3-1-2-4-16(14)20-11-15/h1-9,11H,10H2,(H,22,23)(H3,19,21,24). The molecule has 0 aliphatic heterocycles. The molecule has 0 aliphatic carbocycles. The van der Waals surface area contributed by atoms with E-state index in [0.717, 1.165) is 16.5 Å². The zero-order valence-corrected chi connectivity index (χ0v) is 12.8. The molecule has 2 aromatic carbocycles. The Morgan fingerprint density at radius 1 is 1.04 bits per heavy atom. The highest BCUT2D eigenvalue weighted by Gasteiger charge is 2.07. The van der Waals surface area contributed by atoms with E-state index in [0.29, 0.717) is 17.8 Å². The first kappa shape index (κ1) is 15.5. The first-order chi connectivity index (χ1) is 11.6. The Morgan fingerprint density at radius 3 is 2.54 bits per heavy atom.